The molecule has 0 saturated carbocycles. The Balaban J connectivity index is 1.89. The second-order valence-corrected chi connectivity index (χ2v) is 8.12. The van der Waals surface area contributed by atoms with Crippen molar-refractivity contribution in [1.82, 2.24) is 4.90 Å². The molecule has 5 nitrogen and oxygen atoms in total. The van der Waals surface area contributed by atoms with E-state index in [1.54, 1.807) is 44.2 Å². The smallest absolute Gasteiger partial charge is 0.261 e. The minimum atomic E-state index is -1.22. The van der Waals surface area contributed by atoms with Crippen molar-refractivity contribution in [3.05, 3.63) is 69.9 Å². The number of carbonyl (C=O) groups is 2. The van der Waals surface area contributed by atoms with Crippen LogP contribution < -0.4 is 5.32 Å². The molecule has 2 aromatic carbocycles. The van der Waals surface area contributed by atoms with Crippen molar-refractivity contribution in [1.29, 1.82) is 0 Å². The second-order valence-electron chi connectivity index (χ2n) is 6.98. The number of carbonyl (C=O) groups excluding carboxylic acids is 2. The van der Waals surface area contributed by atoms with Crippen LogP contribution in [0.25, 0.3) is 5.57 Å². The van der Waals surface area contributed by atoms with E-state index < -0.39 is 11.4 Å². The van der Waals surface area contributed by atoms with Gasteiger partial charge in [-0.2, -0.15) is 0 Å². The summed E-state index contributed by atoms with van der Waals surface area (Å²) in [5.41, 5.74) is 0.240. The third kappa shape index (κ3) is 4.53. The van der Waals surface area contributed by atoms with Gasteiger partial charge in [-0.3, -0.25) is 14.5 Å². The van der Waals surface area contributed by atoms with E-state index >= 15 is 0 Å². The molecule has 0 aromatic heterocycles. The van der Waals surface area contributed by atoms with E-state index in [0.717, 1.165) is 0 Å². The van der Waals surface area contributed by atoms with Crippen LogP contribution in [0, 0.1) is 0 Å². The number of ether oxygens (including phenoxy) is 1. The molecule has 0 unspecified atom stereocenters. The van der Waals surface area contributed by atoms with E-state index in [1.807, 2.05) is 18.2 Å². The first kappa shape index (κ1) is 21.5. The Morgan fingerprint density at radius 2 is 1.76 bits per heavy atom. The number of amides is 2. The molecule has 1 heterocycles. The van der Waals surface area contributed by atoms with E-state index in [4.69, 9.17) is 39.5 Å². The first-order chi connectivity index (χ1) is 13.7. The summed E-state index contributed by atoms with van der Waals surface area (Å²) in [6.45, 7) is 3.20. The molecular weight excluding hydrogens is 435 g/mol. The zero-order valence-electron chi connectivity index (χ0n) is 15.8. The van der Waals surface area contributed by atoms with Crippen LogP contribution in [0.2, 0.25) is 10.0 Å². The summed E-state index contributed by atoms with van der Waals surface area (Å²) in [6, 6.07) is 13.8. The maximum absolute atomic E-state index is 13.3. The summed E-state index contributed by atoms with van der Waals surface area (Å²) in [7, 11) is 0. The van der Waals surface area contributed by atoms with Crippen LogP contribution >= 0.6 is 34.8 Å². The van der Waals surface area contributed by atoms with Gasteiger partial charge in [0.2, 0.25) is 5.91 Å². The molecule has 1 aliphatic heterocycles. The molecule has 0 atom stereocenters. The molecule has 0 radical (unpaired) electrons. The molecule has 0 bridgehead atoms. The lowest BCUT2D eigenvalue weighted by atomic mass is 9.96. The molecule has 29 heavy (non-hydrogen) atoms. The molecule has 3 rings (SSSR count). The Labute approximate surface area is 184 Å². The van der Waals surface area contributed by atoms with E-state index in [1.165, 1.54) is 4.90 Å². The number of rotatable bonds is 5. The van der Waals surface area contributed by atoms with Gasteiger partial charge < -0.3 is 10.1 Å². The normalized spacial score (nSPS) is 14.7. The third-order valence-corrected chi connectivity index (χ3v) is 5.32. The van der Waals surface area contributed by atoms with Crippen LogP contribution in [-0.4, -0.2) is 34.9 Å². The maximum Gasteiger partial charge on any atom is 0.261 e. The summed E-state index contributed by atoms with van der Waals surface area (Å²) in [6.07, 6.45) is 0. The number of halogens is 3. The summed E-state index contributed by atoms with van der Waals surface area (Å²) >= 11 is 18.0. The van der Waals surface area contributed by atoms with Crippen molar-refractivity contribution >= 4 is 57.9 Å². The number of hydrogen-bond donors (Lipinski definition) is 1. The summed E-state index contributed by atoms with van der Waals surface area (Å²) in [5, 5.41) is 3.55. The quantitative estimate of drug-likeness (QED) is 0.635. The second kappa shape index (κ2) is 8.66. The van der Waals surface area contributed by atoms with Gasteiger partial charge in [0.25, 0.3) is 5.91 Å². The van der Waals surface area contributed by atoms with E-state index in [-0.39, 0.29) is 18.5 Å². The van der Waals surface area contributed by atoms with Crippen LogP contribution in [0.4, 0.5) is 5.69 Å². The first-order valence-corrected chi connectivity index (χ1v) is 10.1. The molecule has 0 fully saturated rings. The predicted molar refractivity (Wildman–Crippen MR) is 116 cm³/mol. The van der Waals surface area contributed by atoms with Gasteiger partial charge in [0.05, 0.1) is 11.5 Å². The number of nitrogens with one attached hydrogen (secondary N) is 1. The largest absolute Gasteiger partial charge is 0.475 e. The molecule has 0 spiro atoms. The number of hydrogen-bond acceptors (Lipinski definition) is 3. The van der Waals surface area contributed by atoms with Gasteiger partial charge in [0.1, 0.15) is 11.3 Å². The fourth-order valence-corrected chi connectivity index (χ4v) is 3.71. The highest BCUT2D eigenvalue weighted by atomic mass is 35.5. The molecule has 1 aliphatic rings. The Morgan fingerprint density at radius 1 is 1.14 bits per heavy atom. The molecule has 152 valence electrons. The van der Waals surface area contributed by atoms with Gasteiger partial charge in [-0.1, -0.05) is 53.5 Å². The van der Waals surface area contributed by atoms with Gasteiger partial charge in [-0.15, -0.1) is 11.6 Å². The van der Waals surface area contributed by atoms with Gasteiger partial charge in [-0.25, -0.2) is 0 Å². The Kier molecular flexibility index (Phi) is 6.42. The molecule has 8 heteroatoms. The van der Waals surface area contributed by atoms with Gasteiger partial charge in [0.15, 0.2) is 6.73 Å². The zero-order chi connectivity index (χ0) is 21.2. The highest BCUT2D eigenvalue weighted by molar-refractivity contribution is 6.35. The fourth-order valence-electron chi connectivity index (χ4n) is 2.97. The Bertz CT molecular complexity index is 954. The lowest BCUT2D eigenvalue weighted by Gasteiger charge is -2.40. The topological polar surface area (TPSA) is 58.6 Å². The highest BCUT2D eigenvalue weighted by Crippen LogP contribution is 2.32. The number of nitrogens with zero attached hydrogens (tertiary/aromatic N) is 1. The summed E-state index contributed by atoms with van der Waals surface area (Å²) in [5.74, 6) is -0.300. The lowest BCUT2D eigenvalue weighted by Crippen LogP contribution is -2.57. The van der Waals surface area contributed by atoms with Crippen LogP contribution in [0.15, 0.2) is 54.3 Å². The highest BCUT2D eigenvalue weighted by Gasteiger charge is 2.42. The maximum atomic E-state index is 13.3. The van der Waals surface area contributed by atoms with Crippen molar-refractivity contribution in [3.63, 3.8) is 0 Å². The summed E-state index contributed by atoms with van der Waals surface area (Å²) < 4.78 is 5.73. The van der Waals surface area contributed by atoms with Crippen LogP contribution in [0.1, 0.15) is 19.4 Å². The van der Waals surface area contributed by atoms with Crippen molar-refractivity contribution < 1.29 is 14.3 Å². The number of allylic oxidation sites excluding steroid dienone is 1. The summed E-state index contributed by atoms with van der Waals surface area (Å²) in [4.78, 5) is 27.7. The monoisotopic (exact) mass is 452 g/mol. The van der Waals surface area contributed by atoms with Crippen LogP contribution in [-0.2, 0) is 14.3 Å². The van der Waals surface area contributed by atoms with Crippen LogP contribution in [0.5, 0.6) is 0 Å². The molecule has 0 aliphatic carbocycles. The van der Waals surface area contributed by atoms with E-state index in [9.17, 15) is 9.59 Å². The zero-order valence-corrected chi connectivity index (χ0v) is 18.1. The Hall–Kier alpha value is -2.21. The molecule has 2 amide bonds. The average molecular weight is 454 g/mol. The molecule has 2 aromatic rings. The SMILES string of the molecule is CC(C)(C(=O)Nc1cc(Cl)cc(Cl)c1)N1COC(CCl)=C(c2ccccc2)C1=O. The minimum absolute atomic E-state index is 0.0530. The minimum Gasteiger partial charge on any atom is -0.475 e. The van der Waals surface area contributed by atoms with Crippen molar-refractivity contribution in [2.75, 3.05) is 17.9 Å². The molecular formula is C21H19Cl3N2O3. The van der Waals surface area contributed by atoms with Crippen molar-refractivity contribution in [2.24, 2.45) is 0 Å². The predicted octanol–water partition coefficient (Wildman–Crippen LogP) is 5.18. The fraction of sp³-hybridized carbons (Fsp3) is 0.238. The first-order valence-electron chi connectivity index (χ1n) is 8.81. The van der Waals surface area contributed by atoms with E-state index in [0.29, 0.717) is 32.6 Å². The Morgan fingerprint density at radius 3 is 2.34 bits per heavy atom. The van der Waals surface area contributed by atoms with Crippen molar-refractivity contribution in [3.8, 4) is 0 Å². The number of alkyl halides is 1. The molecule has 0 saturated heterocycles. The number of benzene rings is 2. The average Bonchev–Trinajstić information content (AvgIpc) is 2.67. The van der Waals surface area contributed by atoms with Gasteiger partial charge in [0, 0.05) is 15.7 Å². The van der Waals surface area contributed by atoms with Crippen LogP contribution in [0.3, 0.4) is 0 Å². The lowest BCUT2D eigenvalue weighted by molar-refractivity contribution is -0.147. The number of anilines is 1. The molecule has 1 N–H and O–H groups in total. The van der Waals surface area contributed by atoms with Gasteiger partial charge >= 0.3 is 0 Å². The van der Waals surface area contributed by atoms with Crippen molar-refractivity contribution in [2.45, 2.75) is 19.4 Å². The van der Waals surface area contributed by atoms with Gasteiger partial charge in [-0.05, 0) is 37.6 Å². The van der Waals surface area contributed by atoms with E-state index in [2.05, 4.69) is 5.32 Å². The third-order valence-electron chi connectivity index (χ3n) is 4.64. The standard InChI is InChI=1S/C21H19Cl3N2O3/c1-21(2,20(28)25-16-9-14(23)8-15(24)10-16)26-12-29-17(11-22)18(19(26)27)13-6-4-3-5-7-13/h3-10H,11-12H2,1-2H3,(H,25,28).